The Bertz CT molecular complexity index is 381. The van der Waals surface area contributed by atoms with E-state index in [0.717, 1.165) is 35.7 Å². The van der Waals surface area contributed by atoms with Crippen LogP contribution in [0.2, 0.25) is 0 Å². The molecule has 0 aromatic heterocycles. The van der Waals surface area contributed by atoms with Gasteiger partial charge in [0, 0.05) is 16.0 Å². The number of ketones is 1. The van der Waals surface area contributed by atoms with Crippen molar-refractivity contribution in [1.29, 1.82) is 0 Å². The fourth-order valence-corrected chi connectivity index (χ4v) is 2.70. The quantitative estimate of drug-likeness (QED) is 0.846. The Kier molecular flexibility index (Phi) is 3.77. The highest BCUT2D eigenvalue weighted by Crippen LogP contribution is 2.29. The average molecular weight is 283 g/mol. The fourth-order valence-electron chi connectivity index (χ4n) is 2.22. The number of rotatable bonds is 2. The summed E-state index contributed by atoms with van der Waals surface area (Å²) in [6, 6.07) is 7.55. The molecular weight excluding hydrogens is 268 g/mol. The minimum Gasteiger partial charge on any atom is -0.393 e. The molecule has 1 aliphatic rings. The SMILES string of the molecule is O=C(c1ccccc1Br)C1CCC(O)CC1. The van der Waals surface area contributed by atoms with Crippen molar-refractivity contribution < 1.29 is 9.90 Å². The first-order valence-electron chi connectivity index (χ1n) is 5.65. The van der Waals surface area contributed by atoms with Gasteiger partial charge in [0.2, 0.25) is 0 Å². The molecule has 0 aliphatic heterocycles. The molecule has 1 aromatic carbocycles. The Labute approximate surface area is 104 Å². The molecule has 1 aromatic rings. The molecule has 2 rings (SSSR count). The Balaban J connectivity index is 2.11. The number of aliphatic hydroxyl groups excluding tert-OH is 1. The van der Waals surface area contributed by atoms with E-state index in [1.165, 1.54) is 0 Å². The number of hydrogen-bond donors (Lipinski definition) is 1. The van der Waals surface area contributed by atoms with Gasteiger partial charge in [-0.05, 0) is 31.7 Å². The van der Waals surface area contributed by atoms with Crippen LogP contribution in [0.3, 0.4) is 0 Å². The van der Waals surface area contributed by atoms with Crippen LogP contribution < -0.4 is 0 Å². The maximum atomic E-state index is 12.2. The van der Waals surface area contributed by atoms with Gasteiger partial charge in [0.15, 0.2) is 5.78 Å². The van der Waals surface area contributed by atoms with Gasteiger partial charge in [0.1, 0.15) is 0 Å². The third kappa shape index (κ3) is 2.53. The Morgan fingerprint density at radius 1 is 1.19 bits per heavy atom. The molecule has 0 saturated heterocycles. The maximum Gasteiger partial charge on any atom is 0.167 e. The molecule has 0 amide bonds. The monoisotopic (exact) mass is 282 g/mol. The summed E-state index contributed by atoms with van der Waals surface area (Å²) in [6.45, 7) is 0. The molecule has 0 atom stereocenters. The first-order chi connectivity index (χ1) is 7.68. The van der Waals surface area contributed by atoms with Crippen LogP contribution >= 0.6 is 15.9 Å². The van der Waals surface area contributed by atoms with E-state index in [1.54, 1.807) is 0 Å². The molecule has 16 heavy (non-hydrogen) atoms. The summed E-state index contributed by atoms with van der Waals surface area (Å²) < 4.78 is 0.867. The molecule has 1 aliphatic carbocycles. The molecule has 0 bridgehead atoms. The van der Waals surface area contributed by atoms with Gasteiger partial charge in [-0.1, -0.05) is 34.1 Å². The number of aliphatic hydroxyl groups is 1. The molecule has 86 valence electrons. The summed E-state index contributed by atoms with van der Waals surface area (Å²) in [4.78, 5) is 12.2. The van der Waals surface area contributed by atoms with Gasteiger partial charge in [-0.3, -0.25) is 4.79 Å². The first-order valence-corrected chi connectivity index (χ1v) is 6.44. The van der Waals surface area contributed by atoms with Gasteiger partial charge in [-0.25, -0.2) is 0 Å². The van der Waals surface area contributed by atoms with Crippen molar-refractivity contribution in [3.63, 3.8) is 0 Å². The molecule has 3 heteroatoms. The van der Waals surface area contributed by atoms with Crippen LogP contribution in [0.15, 0.2) is 28.7 Å². The smallest absolute Gasteiger partial charge is 0.167 e. The lowest BCUT2D eigenvalue weighted by Gasteiger charge is -2.24. The number of benzene rings is 1. The fraction of sp³-hybridized carbons (Fsp3) is 0.462. The van der Waals surface area contributed by atoms with Gasteiger partial charge in [0.05, 0.1) is 6.10 Å². The standard InChI is InChI=1S/C13H15BrO2/c14-12-4-2-1-3-11(12)13(16)9-5-7-10(15)8-6-9/h1-4,9-10,15H,5-8H2. The number of halogens is 1. The second-order valence-corrected chi connectivity index (χ2v) is 5.20. The Morgan fingerprint density at radius 2 is 1.81 bits per heavy atom. The van der Waals surface area contributed by atoms with E-state index in [4.69, 9.17) is 0 Å². The van der Waals surface area contributed by atoms with Crippen LogP contribution in [-0.4, -0.2) is 17.0 Å². The van der Waals surface area contributed by atoms with Gasteiger partial charge in [-0.2, -0.15) is 0 Å². The van der Waals surface area contributed by atoms with E-state index in [1.807, 2.05) is 24.3 Å². The summed E-state index contributed by atoms with van der Waals surface area (Å²) in [5.74, 6) is 0.293. The van der Waals surface area contributed by atoms with Crippen molar-refractivity contribution in [1.82, 2.24) is 0 Å². The Hall–Kier alpha value is -0.670. The van der Waals surface area contributed by atoms with E-state index < -0.39 is 0 Å². The van der Waals surface area contributed by atoms with Crippen molar-refractivity contribution in [2.24, 2.45) is 5.92 Å². The van der Waals surface area contributed by atoms with Crippen LogP contribution in [0.4, 0.5) is 0 Å². The molecule has 0 radical (unpaired) electrons. The molecule has 1 saturated carbocycles. The van der Waals surface area contributed by atoms with Crippen LogP contribution in [0.5, 0.6) is 0 Å². The van der Waals surface area contributed by atoms with E-state index in [2.05, 4.69) is 15.9 Å². The largest absolute Gasteiger partial charge is 0.393 e. The lowest BCUT2D eigenvalue weighted by Crippen LogP contribution is -2.24. The molecule has 0 unspecified atom stereocenters. The van der Waals surface area contributed by atoms with Gasteiger partial charge >= 0.3 is 0 Å². The summed E-state index contributed by atoms with van der Waals surface area (Å²) in [7, 11) is 0. The minimum atomic E-state index is -0.205. The highest BCUT2D eigenvalue weighted by Gasteiger charge is 2.26. The number of carbonyl (C=O) groups excluding carboxylic acids is 1. The number of hydrogen-bond acceptors (Lipinski definition) is 2. The summed E-state index contributed by atoms with van der Waals surface area (Å²) >= 11 is 3.41. The van der Waals surface area contributed by atoms with Gasteiger partial charge < -0.3 is 5.11 Å². The predicted octanol–water partition coefficient (Wildman–Crippen LogP) is 3.18. The van der Waals surface area contributed by atoms with Crippen molar-refractivity contribution in [2.45, 2.75) is 31.8 Å². The normalized spacial score (nSPS) is 25.4. The molecule has 0 spiro atoms. The zero-order chi connectivity index (χ0) is 11.5. The second-order valence-electron chi connectivity index (χ2n) is 4.35. The lowest BCUT2D eigenvalue weighted by molar-refractivity contribution is 0.0764. The van der Waals surface area contributed by atoms with Crippen LogP contribution in [0.25, 0.3) is 0 Å². The van der Waals surface area contributed by atoms with Gasteiger partial charge in [0.25, 0.3) is 0 Å². The highest BCUT2D eigenvalue weighted by atomic mass is 79.9. The molecule has 2 nitrogen and oxygen atoms in total. The van der Waals surface area contributed by atoms with Crippen molar-refractivity contribution in [3.8, 4) is 0 Å². The molecule has 1 N–H and O–H groups in total. The van der Waals surface area contributed by atoms with Crippen molar-refractivity contribution in [3.05, 3.63) is 34.3 Å². The van der Waals surface area contributed by atoms with E-state index >= 15 is 0 Å². The van der Waals surface area contributed by atoms with Crippen molar-refractivity contribution >= 4 is 21.7 Å². The third-order valence-electron chi connectivity index (χ3n) is 3.21. The molecular formula is C13H15BrO2. The second kappa shape index (κ2) is 5.11. The molecule has 0 heterocycles. The van der Waals surface area contributed by atoms with Gasteiger partial charge in [-0.15, -0.1) is 0 Å². The maximum absolute atomic E-state index is 12.2. The lowest BCUT2D eigenvalue weighted by atomic mass is 9.82. The summed E-state index contributed by atoms with van der Waals surface area (Å²) in [5, 5.41) is 9.41. The van der Waals surface area contributed by atoms with Crippen molar-refractivity contribution in [2.75, 3.05) is 0 Å². The Morgan fingerprint density at radius 3 is 2.44 bits per heavy atom. The number of carbonyl (C=O) groups is 1. The topological polar surface area (TPSA) is 37.3 Å². The average Bonchev–Trinajstić information content (AvgIpc) is 2.30. The van der Waals surface area contributed by atoms with E-state index in [-0.39, 0.29) is 17.8 Å². The van der Waals surface area contributed by atoms with E-state index in [0.29, 0.717) is 0 Å². The van der Waals surface area contributed by atoms with Crippen LogP contribution in [-0.2, 0) is 0 Å². The predicted molar refractivity (Wildman–Crippen MR) is 66.4 cm³/mol. The minimum absolute atomic E-state index is 0.0853. The summed E-state index contributed by atoms with van der Waals surface area (Å²) in [5.41, 5.74) is 0.767. The van der Waals surface area contributed by atoms with Crippen LogP contribution in [0.1, 0.15) is 36.0 Å². The zero-order valence-corrected chi connectivity index (χ0v) is 10.6. The molecule has 1 fully saturated rings. The van der Waals surface area contributed by atoms with Crippen LogP contribution in [0, 0.1) is 5.92 Å². The number of Topliss-reactive ketones (excluding diaryl/α,β-unsaturated/α-hetero) is 1. The first kappa shape index (κ1) is 11.8. The van der Waals surface area contributed by atoms with E-state index in [9.17, 15) is 9.90 Å². The zero-order valence-electron chi connectivity index (χ0n) is 9.03. The third-order valence-corrected chi connectivity index (χ3v) is 3.90. The summed E-state index contributed by atoms with van der Waals surface area (Å²) in [6.07, 6.45) is 2.91. The highest BCUT2D eigenvalue weighted by molar-refractivity contribution is 9.10.